The van der Waals surface area contributed by atoms with Gasteiger partial charge in [0.15, 0.2) is 5.69 Å². The summed E-state index contributed by atoms with van der Waals surface area (Å²) in [6, 6.07) is 8.41. The van der Waals surface area contributed by atoms with Crippen LogP contribution in [0.5, 0.6) is 5.75 Å². The van der Waals surface area contributed by atoms with E-state index >= 15 is 0 Å². The molecule has 0 spiro atoms. The lowest BCUT2D eigenvalue weighted by molar-refractivity contribution is 0.0950. The van der Waals surface area contributed by atoms with Crippen molar-refractivity contribution in [1.82, 2.24) is 15.6 Å². The molecule has 0 aliphatic carbocycles. The Kier molecular flexibility index (Phi) is 3.61. The van der Waals surface area contributed by atoms with Crippen LogP contribution >= 0.6 is 0 Å². The van der Waals surface area contributed by atoms with Crippen LogP contribution in [-0.4, -0.2) is 26.9 Å². The largest absolute Gasteiger partial charge is 0.507 e. The Hall–Kier alpha value is -2.63. The number of aryl methyl sites for hydroxylation is 1. The number of nitrogens with one attached hydrogen (secondary N) is 2. The quantitative estimate of drug-likeness (QED) is 0.576. The maximum atomic E-state index is 11.7. The van der Waals surface area contributed by atoms with Crippen LogP contribution in [0, 0.1) is 6.92 Å². The number of para-hydroxylation sites is 1. The van der Waals surface area contributed by atoms with Crippen molar-refractivity contribution in [3.63, 3.8) is 0 Å². The van der Waals surface area contributed by atoms with Gasteiger partial charge in [0.25, 0.3) is 5.91 Å². The summed E-state index contributed by atoms with van der Waals surface area (Å²) in [4.78, 5) is 11.7. The van der Waals surface area contributed by atoms with Crippen LogP contribution in [0.2, 0.25) is 0 Å². The molecule has 1 heterocycles. The van der Waals surface area contributed by atoms with E-state index in [4.69, 9.17) is 0 Å². The number of aromatic amines is 1. The topological polar surface area (TPSA) is 90.4 Å². The predicted octanol–water partition coefficient (Wildman–Crippen LogP) is 1.58. The van der Waals surface area contributed by atoms with Crippen molar-refractivity contribution in [1.29, 1.82) is 0 Å². The van der Waals surface area contributed by atoms with Crippen molar-refractivity contribution in [3.05, 3.63) is 47.3 Å². The van der Waals surface area contributed by atoms with E-state index in [0.29, 0.717) is 11.3 Å². The molecule has 3 N–H and O–H groups in total. The molecule has 1 aromatic heterocycles. The molecule has 98 valence electrons. The van der Waals surface area contributed by atoms with Crippen LogP contribution in [0.4, 0.5) is 0 Å². The minimum atomic E-state index is -0.404. The van der Waals surface area contributed by atoms with Gasteiger partial charge in [0.05, 0.1) is 5.71 Å². The molecule has 0 bridgehead atoms. The number of amides is 1. The highest BCUT2D eigenvalue weighted by Crippen LogP contribution is 2.16. The van der Waals surface area contributed by atoms with Crippen molar-refractivity contribution < 1.29 is 9.90 Å². The lowest BCUT2D eigenvalue weighted by Crippen LogP contribution is -2.19. The van der Waals surface area contributed by atoms with Gasteiger partial charge in [-0.3, -0.25) is 9.89 Å². The van der Waals surface area contributed by atoms with Crippen LogP contribution in [0.25, 0.3) is 0 Å². The van der Waals surface area contributed by atoms with Crippen molar-refractivity contribution in [3.8, 4) is 5.75 Å². The van der Waals surface area contributed by atoms with Crippen LogP contribution in [-0.2, 0) is 0 Å². The average Bonchev–Trinajstić information content (AvgIpc) is 2.83. The molecule has 0 aliphatic heterocycles. The predicted molar refractivity (Wildman–Crippen MR) is 71.1 cm³/mol. The molecular weight excluding hydrogens is 244 g/mol. The van der Waals surface area contributed by atoms with Crippen molar-refractivity contribution >= 4 is 11.6 Å². The zero-order valence-electron chi connectivity index (χ0n) is 10.6. The Labute approximate surface area is 110 Å². The number of hydrogen-bond acceptors (Lipinski definition) is 4. The number of hydrogen-bond donors (Lipinski definition) is 3. The van der Waals surface area contributed by atoms with Gasteiger partial charge in [0.1, 0.15) is 5.75 Å². The van der Waals surface area contributed by atoms with Gasteiger partial charge < -0.3 is 5.11 Å². The fraction of sp³-hybridized carbons (Fsp3) is 0.154. The summed E-state index contributed by atoms with van der Waals surface area (Å²) >= 11 is 0. The van der Waals surface area contributed by atoms with Crippen LogP contribution in [0.15, 0.2) is 35.4 Å². The van der Waals surface area contributed by atoms with Crippen molar-refractivity contribution in [2.75, 3.05) is 0 Å². The van der Waals surface area contributed by atoms with E-state index in [1.165, 1.54) is 0 Å². The fourth-order valence-corrected chi connectivity index (χ4v) is 1.57. The first-order valence-electron chi connectivity index (χ1n) is 5.73. The number of rotatable bonds is 3. The summed E-state index contributed by atoms with van der Waals surface area (Å²) in [6.45, 7) is 3.51. The molecule has 0 fully saturated rings. The second-order valence-electron chi connectivity index (χ2n) is 4.09. The second-order valence-corrected chi connectivity index (χ2v) is 4.09. The Bertz CT molecular complexity index is 631. The lowest BCUT2D eigenvalue weighted by atomic mass is 10.1. The Morgan fingerprint density at radius 2 is 2.16 bits per heavy atom. The van der Waals surface area contributed by atoms with E-state index < -0.39 is 5.91 Å². The van der Waals surface area contributed by atoms with Gasteiger partial charge in [0.2, 0.25) is 0 Å². The molecule has 1 amide bonds. The molecule has 0 aliphatic rings. The Morgan fingerprint density at radius 3 is 2.79 bits per heavy atom. The van der Waals surface area contributed by atoms with Crippen LogP contribution in [0.1, 0.15) is 28.7 Å². The smallest absolute Gasteiger partial charge is 0.291 e. The summed E-state index contributed by atoms with van der Waals surface area (Å²) in [5, 5.41) is 20.1. The molecule has 0 unspecified atom stereocenters. The summed E-state index contributed by atoms with van der Waals surface area (Å²) in [5.41, 5.74) is 4.54. The molecule has 6 heteroatoms. The van der Waals surface area contributed by atoms with E-state index in [-0.39, 0.29) is 11.4 Å². The molecule has 19 heavy (non-hydrogen) atoms. The number of aromatic hydroxyl groups is 1. The zero-order valence-corrected chi connectivity index (χ0v) is 10.6. The number of benzene rings is 1. The minimum Gasteiger partial charge on any atom is -0.507 e. The third kappa shape index (κ3) is 2.98. The van der Waals surface area contributed by atoms with Crippen LogP contribution < -0.4 is 5.43 Å². The number of nitrogens with zero attached hydrogens (tertiary/aromatic N) is 2. The monoisotopic (exact) mass is 258 g/mol. The second kappa shape index (κ2) is 5.34. The maximum absolute atomic E-state index is 11.7. The normalized spacial score (nSPS) is 11.4. The molecule has 0 saturated carbocycles. The molecule has 1 aromatic carbocycles. The highest BCUT2D eigenvalue weighted by atomic mass is 16.3. The van der Waals surface area contributed by atoms with E-state index in [0.717, 1.165) is 5.69 Å². The molecule has 2 aromatic rings. The molecule has 2 rings (SSSR count). The number of aromatic nitrogens is 2. The van der Waals surface area contributed by atoms with Gasteiger partial charge >= 0.3 is 0 Å². The third-order valence-electron chi connectivity index (χ3n) is 2.56. The van der Waals surface area contributed by atoms with E-state index in [1.54, 1.807) is 44.2 Å². The number of carbonyl (C=O) groups excluding carboxylic acids is 1. The Morgan fingerprint density at radius 1 is 1.42 bits per heavy atom. The molecule has 6 nitrogen and oxygen atoms in total. The molecular formula is C13H14N4O2. The first-order chi connectivity index (χ1) is 9.08. The highest BCUT2D eigenvalue weighted by Gasteiger charge is 2.09. The third-order valence-corrected chi connectivity index (χ3v) is 2.56. The Balaban J connectivity index is 2.11. The maximum Gasteiger partial charge on any atom is 0.291 e. The highest BCUT2D eigenvalue weighted by molar-refractivity contribution is 6.02. The summed E-state index contributed by atoms with van der Waals surface area (Å²) in [7, 11) is 0. The summed E-state index contributed by atoms with van der Waals surface area (Å²) < 4.78 is 0. The van der Waals surface area contributed by atoms with Gasteiger partial charge in [-0.05, 0) is 32.0 Å². The van der Waals surface area contributed by atoms with E-state index in [2.05, 4.69) is 20.7 Å². The first kappa shape index (κ1) is 12.8. The summed E-state index contributed by atoms with van der Waals surface area (Å²) in [6.07, 6.45) is 0. The standard InChI is InChI=1S/C13H14N4O2/c1-8-7-11(16-14-8)13(19)17-15-9(2)10-5-3-4-6-12(10)18/h3-7,18H,1-2H3,(H,14,16)(H,17,19)/b15-9+. The average molecular weight is 258 g/mol. The number of phenolic OH excluding ortho intramolecular Hbond substituents is 1. The molecule has 0 saturated heterocycles. The fourth-order valence-electron chi connectivity index (χ4n) is 1.57. The van der Waals surface area contributed by atoms with E-state index in [9.17, 15) is 9.90 Å². The molecule has 0 radical (unpaired) electrons. The minimum absolute atomic E-state index is 0.119. The van der Waals surface area contributed by atoms with Gasteiger partial charge in [-0.15, -0.1) is 0 Å². The number of hydrazone groups is 1. The number of phenols is 1. The van der Waals surface area contributed by atoms with Crippen molar-refractivity contribution in [2.24, 2.45) is 5.10 Å². The number of carbonyl (C=O) groups is 1. The first-order valence-corrected chi connectivity index (χ1v) is 5.73. The van der Waals surface area contributed by atoms with E-state index in [1.807, 2.05) is 0 Å². The SMILES string of the molecule is C/C(=N\NC(=O)c1cc(C)[nH]n1)c1ccccc1O. The van der Waals surface area contributed by atoms with Crippen LogP contribution in [0.3, 0.4) is 0 Å². The lowest BCUT2D eigenvalue weighted by Gasteiger charge is -2.03. The van der Waals surface area contributed by atoms with Gasteiger partial charge in [-0.2, -0.15) is 10.2 Å². The molecule has 0 atom stereocenters. The summed E-state index contributed by atoms with van der Waals surface area (Å²) in [5.74, 6) is -0.285. The zero-order chi connectivity index (χ0) is 13.8. The van der Waals surface area contributed by atoms with Gasteiger partial charge in [-0.1, -0.05) is 12.1 Å². The van der Waals surface area contributed by atoms with Crippen molar-refractivity contribution in [2.45, 2.75) is 13.8 Å². The van der Waals surface area contributed by atoms with Gasteiger partial charge in [0, 0.05) is 11.3 Å². The number of H-pyrrole nitrogens is 1. The van der Waals surface area contributed by atoms with Gasteiger partial charge in [-0.25, -0.2) is 5.43 Å².